The first kappa shape index (κ1) is 71.4. The molecule has 0 aromatic rings. The number of hydrogen-bond donors (Lipinski definition) is 2. The average Bonchev–Trinajstić information content (AvgIpc) is 3.36. The third-order valence-corrected chi connectivity index (χ3v) is 14.3. The van der Waals surface area contributed by atoms with Crippen LogP contribution in [0.4, 0.5) is 0 Å². The number of likely N-dealkylation sites (N-methyl/N-ethyl adjacent to an activating group) is 1. The molecule has 3 unspecified atom stereocenters. The molecule has 74 heavy (non-hydrogen) atoms. The molecule has 428 valence electrons. The molecule has 2 N–H and O–H groups in total. The molecule has 0 spiro atoms. The van der Waals surface area contributed by atoms with Crippen LogP contribution in [0.1, 0.15) is 258 Å². The van der Waals surface area contributed by atoms with Crippen molar-refractivity contribution < 1.29 is 32.9 Å². The van der Waals surface area contributed by atoms with E-state index in [2.05, 4.69) is 104 Å². The van der Waals surface area contributed by atoms with E-state index < -0.39 is 20.0 Å². The van der Waals surface area contributed by atoms with Crippen molar-refractivity contribution in [1.82, 2.24) is 5.32 Å². The number of allylic oxidation sites excluding steroid dienone is 15. The van der Waals surface area contributed by atoms with Gasteiger partial charge in [-0.15, -0.1) is 0 Å². The quantitative estimate of drug-likeness (QED) is 0.0272. The summed E-state index contributed by atoms with van der Waals surface area (Å²) in [6.45, 7) is 4.54. The summed E-state index contributed by atoms with van der Waals surface area (Å²) in [4.78, 5) is 25.5. The Morgan fingerprint density at radius 3 is 1.20 bits per heavy atom. The number of phosphoric acid groups is 1. The average molecular weight is 1050 g/mol. The lowest BCUT2D eigenvalue weighted by Crippen LogP contribution is -2.45. The number of hydrogen-bond acceptors (Lipinski definition) is 6. The molecular formula is C65H117N2O6P. The Morgan fingerprint density at radius 2 is 0.824 bits per heavy atom. The van der Waals surface area contributed by atoms with E-state index in [-0.39, 0.29) is 19.1 Å². The molecule has 0 bridgehead atoms. The van der Waals surface area contributed by atoms with Gasteiger partial charge in [0, 0.05) is 6.42 Å². The van der Waals surface area contributed by atoms with Crippen LogP contribution >= 0.6 is 7.82 Å². The van der Waals surface area contributed by atoms with Crippen LogP contribution < -0.4 is 10.2 Å². The van der Waals surface area contributed by atoms with Gasteiger partial charge in [0.1, 0.15) is 13.2 Å². The third kappa shape index (κ3) is 57.1. The molecule has 1 amide bonds. The lowest BCUT2D eigenvalue weighted by Gasteiger charge is -2.29. The highest BCUT2D eigenvalue weighted by atomic mass is 31.2. The van der Waals surface area contributed by atoms with Gasteiger partial charge in [-0.1, -0.05) is 272 Å². The van der Waals surface area contributed by atoms with Gasteiger partial charge < -0.3 is 28.8 Å². The van der Waals surface area contributed by atoms with Crippen LogP contribution in [-0.2, 0) is 18.4 Å². The Morgan fingerprint density at radius 1 is 0.486 bits per heavy atom. The molecule has 0 fully saturated rings. The van der Waals surface area contributed by atoms with Crippen LogP contribution in [-0.4, -0.2) is 68.5 Å². The molecule has 0 saturated heterocycles. The second kappa shape index (κ2) is 55.2. The predicted octanol–water partition coefficient (Wildman–Crippen LogP) is 18.4. The zero-order valence-corrected chi connectivity index (χ0v) is 49.7. The Kier molecular flexibility index (Phi) is 53.3. The van der Waals surface area contributed by atoms with Crippen LogP contribution in [0.3, 0.4) is 0 Å². The molecule has 0 heterocycles. The summed E-state index contributed by atoms with van der Waals surface area (Å²) in [5, 5.41) is 13.9. The summed E-state index contributed by atoms with van der Waals surface area (Å²) in [7, 11) is 1.26. The highest BCUT2D eigenvalue weighted by Gasteiger charge is 2.23. The summed E-state index contributed by atoms with van der Waals surface area (Å²) in [6.07, 6.45) is 79.2. The second-order valence-corrected chi connectivity index (χ2v) is 23.1. The van der Waals surface area contributed by atoms with E-state index in [9.17, 15) is 19.4 Å². The van der Waals surface area contributed by atoms with E-state index in [4.69, 9.17) is 9.05 Å². The van der Waals surface area contributed by atoms with Crippen LogP contribution in [0.15, 0.2) is 97.2 Å². The Hall–Kier alpha value is -2.58. The maximum Gasteiger partial charge on any atom is 0.268 e. The summed E-state index contributed by atoms with van der Waals surface area (Å²) >= 11 is 0. The van der Waals surface area contributed by atoms with Gasteiger partial charge in [-0.3, -0.25) is 9.36 Å². The maximum atomic E-state index is 13.0. The smallest absolute Gasteiger partial charge is 0.268 e. The molecule has 0 aliphatic rings. The highest BCUT2D eigenvalue weighted by molar-refractivity contribution is 7.45. The lowest BCUT2D eigenvalue weighted by atomic mass is 10.0. The molecule has 0 rings (SSSR count). The summed E-state index contributed by atoms with van der Waals surface area (Å²) in [5.74, 6) is -0.199. The summed E-state index contributed by atoms with van der Waals surface area (Å²) in [6, 6.07) is -0.890. The van der Waals surface area contributed by atoms with Crippen molar-refractivity contribution in [3.05, 3.63) is 97.2 Å². The molecule has 0 aromatic heterocycles. The van der Waals surface area contributed by atoms with Crippen molar-refractivity contribution in [3.8, 4) is 0 Å². The minimum Gasteiger partial charge on any atom is -0.756 e. The van der Waals surface area contributed by atoms with Gasteiger partial charge in [0.05, 0.1) is 39.9 Å². The van der Waals surface area contributed by atoms with Gasteiger partial charge in [0.15, 0.2) is 0 Å². The van der Waals surface area contributed by atoms with Crippen molar-refractivity contribution in [1.29, 1.82) is 0 Å². The molecule has 9 heteroatoms. The fourth-order valence-electron chi connectivity index (χ4n) is 8.55. The van der Waals surface area contributed by atoms with Crippen LogP contribution in [0.25, 0.3) is 0 Å². The van der Waals surface area contributed by atoms with E-state index in [0.717, 1.165) is 83.5 Å². The first-order valence-corrected chi connectivity index (χ1v) is 32.1. The van der Waals surface area contributed by atoms with Gasteiger partial charge in [-0.05, 0) is 77.0 Å². The van der Waals surface area contributed by atoms with Gasteiger partial charge in [0.2, 0.25) is 5.91 Å². The Bertz CT molecular complexity index is 1520. The number of aliphatic hydroxyl groups is 1. The molecule has 3 atom stereocenters. The number of nitrogens with one attached hydrogen (secondary N) is 1. The van der Waals surface area contributed by atoms with E-state index in [1.54, 1.807) is 6.08 Å². The molecule has 8 nitrogen and oxygen atoms in total. The second-order valence-electron chi connectivity index (χ2n) is 21.7. The number of amides is 1. The summed E-state index contributed by atoms with van der Waals surface area (Å²) < 4.78 is 23.3. The number of unbranched alkanes of at least 4 members (excludes halogenated alkanes) is 28. The number of nitrogens with zero attached hydrogens (tertiary/aromatic N) is 1. The van der Waals surface area contributed by atoms with E-state index in [1.165, 1.54) is 154 Å². The maximum absolute atomic E-state index is 13.0. The first-order valence-electron chi connectivity index (χ1n) is 30.6. The number of carbonyl (C=O) groups is 1. The first-order chi connectivity index (χ1) is 36.0. The van der Waals surface area contributed by atoms with Crippen LogP contribution in [0.5, 0.6) is 0 Å². The van der Waals surface area contributed by atoms with Crippen molar-refractivity contribution in [2.75, 3.05) is 40.9 Å². The third-order valence-electron chi connectivity index (χ3n) is 13.3. The molecule has 0 aliphatic carbocycles. The number of aliphatic hydroxyl groups excluding tert-OH is 1. The summed E-state index contributed by atoms with van der Waals surface area (Å²) in [5.41, 5.74) is 0. The molecule has 0 aromatic carbocycles. The van der Waals surface area contributed by atoms with Gasteiger partial charge in [-0.25, -0.2) is 0 Å². The molecule has 0 radical (unpaired) electrons. The van der Waals surface area contributed by atoms with Crippen molar-refractivity contribution in [3.63, 3.8) is 0 Å². The van der Waals surface area contributed by atoms with Gasteiger partial charge in [-0.2, -0.15) is 0 Å². The van der Waals surface area contributed by atoms with E-state index in [1.807, 2.05) is 27.2 Å². The number of carbonyl (C=O) groups excluding carboxylic acids is 1. The lowest BCUT2D eigenvalue weighted by molar-refractivity contribution is -0.870. The zero-order chi connectivity index (χ0) is 54.2. The predicted molar refractivity (Wildman–Crippen MR) is 320 cm³/mol. The molecule has 0 aliphatic heterocycles. The van der Waals surface area contributed by atoms with Crippen molar-refractivity contribution >= 4 is 13.7 Å². The molecule has 0 saturated carbocycles. The minimum atomic E-state index is -4.60. The minimum absolute atomic E-state index is 0.00344. The number of rotatable bonds is 55. The normalized spacial score (nSPS) is 14.5. The zero-order valence-electron chi connectivity index (χ0n) is 48.8. The van der Waals surface area contributed by atoms with Gasteiger partial charge >= 0.3 is 0 Å². The van der Waals surface area contributed by atoms with Crippen LogP contribution in [0, 0.1) is 0 Å². The fraction of sp³-hybridized carbons (Fsp3) is 0.738. The Labute approximate surface area is 458 Å². The fourth-order valence-corrected chi connectivity index (χ4v) is 9.27. The number of quaternary nitrogens is 1. The van der Waals surface area contributed by atoms with Gasteiger partial charge in [0.25, 0.3) is 7.82 Å². The number of phosphoric ester groups is 1. The largest absolute Gasteiger partial charge is 0.756 e. The monoisotopic (exact) mass is 1050 g/mol. The highest BCUT2D eigenvalue weighted by Crippen LogP contribution is 2.38. The standard InChI is InChI=1S/C65H117N2O6P/c1-6-8-10-12-14-16-18-20-22-23-24-25-26-27-28-29-30-31-32-33-34-35-36-37-38-39-40-41-42-43-45-47-49-51-53-55-57-59-65(69)66-63(62-73-74(70,71)72-61-60-67(3,4)5)64(68)58-56-54-52-50-48-46-44-21-19-17-15-13-11-9-7-2/h8,10,14,16,20,22,24-25,27-28,30-31,33-34,56,58,63-64,68H,6-7,9,11-13,15,17-19,21,23,26,29,32,35-55,57,59-62H2,1-5H3,(H-,66,69,70,71)/b10-8-,16-14-,22-20-,25-24-,28-27-,31-30-,34-33-,58-56+. The van der Waals surface area contributed by atoms with Crippen molar-refractivity contribution in [2.24, 2.45) is 0 Å². The SMILES string of the molecule is CC/C=C\C/C=C\C/C=C\C/C=C\C/C=C\C/C=C\C/C=C\CCCCCCCCCCCCCCCCCC(=O)NC(COP(=O)([O-])OCC[N+](C)(C)C)C(O)/C=C/CCCCCCCCCCCCCCC. The Balaban J connectivity index is 4.05. The van der Waals surface area contributed by atoms with Crippen molar-refractivity contribution in [2.45, 2.75) is 270 Å². The molecular weight excluding hydrogens is 936 g/mol. The van der Waals surface area contributed by atoms with Crippen LogP contribution in [0.2, 0.25) is 0 Å². The van der Waals surface area contributed by atoms with E-state index in [0.29, 0.717) is 17.4 Å². The topological polar surface area (TPSA) is 108 Å². The van der Waals surface area contributed by atoms with E-state index >= 15 is 0 Å².